The minimum Gasteiger partial charge on any atom is -0.480 e. The summed E-state index contributed by atoms with van der Waals surface area (Å²) < 4.78 is 4.90. The molecule has 1 aromatic carbocycles. The number of carboxylic acids is 1. The average Bonchev–Trinajstić information content (AvgIpc) is 2.44. The number of aliphatic carboxylic acids is 1. The Bertz CT molecular complexity index is 419. The second-order valence-electron chi connectivity index (χ2n) is 4.55. The highest BCUT2D eigenvalue weighted by Gasteiger charge is 2.20. The van der Waals surface area contributed by atoms with Crippen LogP contribution in [0.2, 0.25) is 0 Å². The van der Waals surface area contributed by atoms with Gasteiger partial charge >= 0.3 is 12.1 Å². The molecule has 110 valence electrons. The first kappa shape index (κ1) is 16.0. The maximum atomic E-state index is 11.4. The van der Waals surface area contributed by atoms with Gasteiger partial charge in [-0.1, -0.05) is 43.7 Å². The van der Waals surface area contributed by atoms with Gasteiger partial charge in [-0.15, -0.1) is 0 Å². The number of amides is 1. The SMILES string of the molecule is CCCCOC(=O)NC(CCc1ccccc1)C(=O)O. The molecule has 0 aromatic heterocycles. The van der Waals surface area contributed by atoms with Crippen LogP contribution in [0.4, 0.5) is 4.79 Å². The number of aryl methyl sites for hydroxylation is 1. The molecule has 0 bridgehead atoms. The molecule has 1 amide bonds. The van der Waals surface area contributed by atoms with Crippen LogP contribution in [0.5, 0.6) is 0 Å². The number of carboxylic acid groups (broad SMARTS) is 1. The standard InChI is InChI=1S/C15H21NO4/c1-2-3-11-20-15(19)16-13(14(17)18)10-9-12-7-5-4-6-8-12/h4-8,13H,2-3,9-11H2,1H3,(H,16,19)(H,17,18). The first-order chi connectivity index (χ1) is 9.63. The molecule has 20 heavy (non-hydrogen) atoms. The van der Waals surface area contributed by atoms with Gasteiger partial charge in [0.2, 0.25) is 0 Å². The lowest BCUT2D eigenvalue weighted by Gasteiger charge is -2.14. The summed E-state index contributed by atoms with van der Waals surface area (Å²) in [5.41, 5.74) is 1.04. The molecule has 0 aliphatic rings. The molecule has 1 aromatic rings. The van der Waals surface area contributed by atoms with E-state index in [1.54, 1.807) is 0 Å². The van der Waals surface area contributed by atoms with Gasteiger partial charge in [-0.05, 0) is 24.8 Å². The summed E-state index contributed by atoms with van der Waals surface area (Å²) in [7, 11) is 0. The lowest BCUT2D eigenvalue weighted by Crippen LogP contribution is -2.41. The van der Waals surface area contributed by atoms with E-state index in [2.05, 4.69) is 5.32 Å². The Morgan fingerprint density at radius 3 is 2.60 bits per heavy atom. The zero-order valence-electron chi connectivity index (χ0n) is 11.7. The van der Waals surface area contributed by atoms with Crippen molar-refractivity contribution in [2.24, 2.45) is 0 Å². The fraction of sp³-hybridized carbons (Fsp3) is 0.467. The molecule has 0 spiro atoms. The Morgan fingerprint density at radius 2 is 2.00 bits per heavy atom. The molecule has 0 radical (unpaired) electrons. The molecule has 0 heterocycles. The van der Waals surface area contributed by atoms with Crippen molar-refractivity contribution in [3.05, 3.63) is 35.9 Å². The first-order valence-electron chi connectivity index (χ1n) is 6.83. The van der Waals surface area contributed by atoms with Gasteiger partial charge in [0.1, 0.15) is 6.04 Å². The van der Waals surface area contributed by atoms with Gasteiger partial charge < -0.3 is 15.2 Å². The van der Waals surface area contributed by atoms with Crippen LogP contribution >= 0.6 is 0 Å². The molecular formula is C15H21NO4. The summed E-state index contributed by atoms with van der Waals surface area (Å²) >= 11 is 0. The average molecular weight is 279 g/mol. The van der Waals surface area contributed by atoms with Gasteiger partial charge in [0.15, 0.2) is 0 Å². The number of carbonyl (C=O) groups is 2. The van der Waals surface area contributed by atoms with Crippen molar-refractivity contribution < 1.29 is 19.4 Å². The van der Waals surface area contributed by atoms with Crippen LogP contribution in [0, 0.1) is 0 Å². The molecule has 1 rings (SSSR count). The number of nitrogens with one attached hydrogen (secondary N) is 1. The zero-order chi connectivity index (χ0) is 14.8. The van der Waals surface area contributed by atoms with E-state index >= 15 is 0 Å². The van der Waals surface area contributed by atoms with Gasteiger partial charge in [-0.2, -0.15) is 0 Å². The minimum atomic E-state index is -1.05. The maximum absolute atomic E-state index is 11.4. The van der Waals surface area contributed by atoms with Crippen molar-refractivity contribution >= 4 is 12.1 Å². The van der Waals surface area contributed by atoms with Crippen LogP contribution in [0.3, 0.4) is 0 Å². The van der Waals surface area contributed by atoms with Crippen molar-refractivity contribution in [1.82, 2.24) is 5.32 Å². The quantitative estimate of drug-likeness (QED) is 0.717. The van der Waals surface area contributed by atoms with Gasteiger partial charge in [0.25, 0.3) is 0 Å². The number of carbonyl (C=O) groups excluding carboxylic acids is 1. The summed E-state index contributed by atoms with van der Waals surface area (Å²) in [5.74, 6) is -1.05. The number of hydrogen-bond donors (Lipinski definition) is 2. The first-order valence-corrected chi connectivity index (χ1v) is 6.83. The van der Waals surface area contributed by atoms with E-state index in [1.165, 1.54) is 0 Å². The number of rotatable bonds is 8. The Morgan fingerprint density at radius 1 is 1.30 bits per heavy atom. The lowest BCUT2D eigenvalue weighted by molar-refractivity contribution is -0.139. The van der Waals surface area contributed by atoms with E-state index in [9.17, 15) is 9.59 Å². The molecule has 1 atom stereocenters. The Balaban J connectivity index is 2.40. The molecule has 5 heteroatoms. The Labute approximate surface area is 118 Å². The molecule has 0 aliphatic carbocycles. The van der Waals surface area contributed by atoms with Crippen LogP contribution in [-0.2, 0) is 16.0 Å². The Hall–Kier alpha value is -2.04. The predicted octanol–water partition coefficient (Wildman–Crippen LogP) is 2.60. The fourth-order valence-electron chi connectivity index (χ4n) is 1.71. The molecule has 0 fully saturated rings. The van der Waals surface area contributed by atoms with Crippen molar-refractivity contribution in [2.45, 2.75) is 38.6 Å². The molecule has 0 saturated carbocycles. The largest absolute Gasteiger partial charge is 0.480 e. The molecular weight excluding hydrogens is 258 g/mol. The van der Waals surface area contributed by atoms with Crippen LogP contribution < -0.4 is 5.32 Å². The minimum absolute atomic E-state index is 0.313. The highest BCUT2D eigenvalue weighted by molar-refractivity contribution is 5.79. The van der Waals surface area contributed by atoms with Crippen molar-refractivity contribution in [1.29, 1.82) is 0 Å². The van der Waals surface area contributed by atoms with E-state index < -0.39 is 18.1 Å². The zero-order valence-corrected chi connectivity index (χ0v) is 11.7. The van der Waals surface area contributed by atoms with Crippen LogP contribution in [0.15, 0.2) is 30.3 Å². The van der Waals surface area contributed by atoms with Crippen LogP contribution in [0.25, 0.3) is 0 Å². The van der Waals surface area contributed by atoms with Gasteiger partial charge in [-0.3, -0.25) is 0 Å². The summed E-state index contributed by atoms with van der Waals surface area (Å²) in [4.78, 5) is 22.6. The lowest BCUT2D eigenvalue weighted by atomic mass is 10.1. The van der Waals surface area contributed by atoms with E-state index in [4.69, 9.17) is 9.84 Å². The third kappa shape index (κ3) is 6.22. The molecule has 2 N–H and O–H groups in total. The fourth-order valence-corrected chi connectivity index (χ4v) is 1.71. The van der Waals surface area contributed by atoms with Crippen molar-refractivity contribution in [3.8, 4) is 0 Å². The summed E-state index contributed by atoms with van der Waals surface area (Å²) in [6, 6.07) is 8.64. The number of hydrogen-bond acceptors (Lipinski definition) is 3. The van der Waals surface area contributed by atoms with E-state index in [-0.39, 0.29) is 0 Å². The number of benzene rings is 1. The van der Waals surface area contributed by atoms with Gasteiger partial charge in [0, 0.05) is 0 Å². The smallest absolute Gasteiger partial charge is 0.407 e. The second-order valence-corrected chi connectivity index (χ2v) is 4.55. The summed E-state index contributed by atoms with van der Waals surface area (Å²) in [6.07, 6.45) is 1.95. The highest BCUT2D eigenvalue weighted by atomic mass is 16.5. The number of unbranched alkanes of at least 4 members (excludes halogenated alkanes) is 1. The second kappa shape index (κ2) is 8.96. The topological polar surface area (TPSA) is 75.6 Å². The number of ether oxygens (including phenoxy) is 1. The highest BCUT2D eigenvalue weighted by Crippen LogP contribution is 2.05. The van der Waals surface area contributed by atoms with Crippen LogP contribution in [0.1, 0.15) is 31.7 Å². The van der Waals surface area contributed by atoms with Crippen molar-refractivity contribution in [2.75, 3.05) is 6.61 Å². The van der Waals surface area contributed by atoms with E-state index in [0.717, 1.165) is 18.4 Å². The summed E-state index contributed by atoms with van der Waals surface area (Å²) in [5, 5.41) is 11.5. The Kier molecular flexibility index (Phi) is 7.17. The van der Waals surface area contributed by atoms with Crippen molar-refractivity contribution in [3.63, 3.8) is 0 Å². The third-order valence-corrected chi connectivity index (χ3v) is 2.89. The van der Waals surface area contributed by atoms with Gasteiger partial charge in [-0.25, -0.2) is 9.59 Å². The van der Waals surface area contributed by atoms with Crippen LogP contribution in [-0.4, -0.2) is 29.8 Å². The van der Waals surface area contributed by atoms with E-state index in [0.29, 0.717) is 19.4 Å². The predicted molar refractivity (Wildman–Crippen MR) is 75.6 cm³/mol. The van der Waals surface area contributed by atoms with E-state index in [1.807, 2.05) is 37.3 Å². The molecule has 5 nitrogen and oxygen atoms in total. The molecule has 0 saturated heterocycles. The normalized spacial score (nSPS) is 11.7. The number of alkyl carbamates (subject to hydrolysis) is 1. The molecule has 0 aliphatic heterocycles. The molecule has 1 unspecified atom stereocenters. The third-order valence-electron chi connectivity index (χ3n) is 2.89. The van der Waals surface area contributed by atoms with Gasteiger partial charge in [0.05, 0.1) is 6.61 Å². The maximum Gasteiger partial charge on any atom is 0.407 e. The summed E-state index contributed by atoms with van der Waals surface area (Å²) in [6.45, 7) is 2.30. The monoisotopic (exact) mass is 279 g/mol.